The third-order valence-corrected chi connectivity index (χ3v) is 5.17. The fourth-order valence-electron chi connectivity index (χ4n) is 3.76. The number of nitrogens with one attached hydrogen (secondary N) is 2. The topological polar surface area (TPSA) is 54.9 Å². The van der Waals surface area contributed by atoms with Gasteiger partial charge in [-0.2, -0.15) is 0 Å². The van der Waals surface area contributed by atoms with E-state index in [9.17, 15) is 0 Å². The Bertz CT molecular complexity index is 569. The highest BCUT2D eigenvalue weighted by Gasteiger charge is 2.35. The van der Waals surface area contributed by atoms with Gasteiger partial charge in [-0.1, -0.05) is 51.1 Å². The van der Waals surface area contributed by atoms with Gasteiger partial charge in [-0.05, 0) is 36.7 Å². The smallest absolute Gasteiger partial charge is 0.190 e. The third-order valence-electron chi connectivity index (χ3n) is 5.17. The average molecular weight is 390 g/mol. The van der Waals surface area contributed by atoms with Gasteiger partial charge in [-0.25, -0.2) is 0 Å². The highest BCUT2D eigenvalue weighted by Crippen LogP contribution is 2.33. The zero-order valence-electron chi connectivity index (χ0n) is 18.2. The summed E-state index contributed by atoms with van der Waals surface area (Å²) in [7, 11) is 1.83. The van der Waals surface area contributed by atoms with Crippen LogP contribution in [0.2, 0.25) is 0 Å². The molecule has 2 atom stereocenters. The molecule has 0 amide bonds. The minimum absolute atomic E-state index is 0.170. The molecule has 28 heavy (non-hydrogen) atoms. The van der Waals surface area contributed by atoms with Gasteiger partial charge in [-0.15, -0.1) is 0 Å². The van der Waals surface area contributed by atoms with Crippen LogP contribution in [-0.2, 0) is 16.1 Å². The minimum Gasteiger partial charge on any atom is -0.377 e. The van der Waals surface area contributed by atoms with E-state index >= 15 is 0 Å². The normalized spacial score (nSPS) is 20.8. The lowest BCUT2D eigenvalue weighted by atomic mass is 9.78. The molecule has 5 heteroatoms. The molecule has 1 aliphatic rings. The maximum absolute atomic E-state index is 6.07. The van der Waals surface area contributed by atoms with Gasteiger partial charge in [0, 0.05) is 39.3 Å². The molecule has 1 saturated heterocycles. The summed E-state index contributed by atoms with van der Waals surface area (Å²) in [5.41, 5.74) is 1.40. The Morgan fingerprint density at radius 2 is 1.96 bits per heavy atom. The van der Waals surface area contributed by atoms with E-state index in [2.05, 4.69) is 48.5 Å². The zero-order chi connectivity index (χ0) is 20.2. The quantitative estimate of drug-likeness (QED) is 0.381. The molecule has 1 heterocycles. The SMILES string of the molecule is CN=C(NCCCCOCc1ccccc1)NCC1CCCOC1C(C)(C)C. The summed E-state index contributed by atoms with van der Waals surface area (Å²) in [5.74, 6) is 1.40. The lowest BCUT2D eigenvalue weighted by molar-refractivity contribution is -0.0835. The molecular weight excluding hydrogens is 350 g/mol. The molecule has 1 fully saturated rings. The van der Waals surface area contributed by atoms with Gasteiger partial charge in [0.05, 0.1) is 12.7 Å². The van der Waals surface area contributed by atoms with Crippen molar-refractivity contribution in [2.24, 2.45) is 16.3 Å². The van der Waals surface area contributed by atoms with Crippen molar-refractivity contribution in [2.75, 3.05) is 33.4 Å². The van der Waals surface area contributed by atoms with Crippen LogP contribution in [0, 0.1) is 11.3 Å². The Balaban J connectivity index is 1.58. The van der Waals surface area contributed by atoms with Crippen molar-refractivity contribution in [1.82, 2.24) is 10.6 Å². The van der Waals surface area contributed by atoms with Crippen molar-refractivity contribution in [3.63, 3.8) is 0 Å². The zero-order valence-corrected chi connectivity index (χ0v) is 18.2. The van der Waals surface area contributed by atoms with Crippen molar-refractivity contribution in [3.05, 3.63) is 35.9 Å². The molecule has 0 radical (unpaired) electrons. The van der Waals surface area contributed by atoms with Gasteiger partial charge >= 0.3 is 0 Å². The highest BCUT2D eigenvalue weighted by molar-refractivity contribution is 5.79. The lowest BCUT2D eigenvalue weighted by Gasteiger charge is -2.40. The molecule has 0 spiro atoms. The molecular formula is C23H39N3O2. The van der Waals surface area contributed by atoms with E-state index in [1.807, 2.05) is 25.2 Å². The van der Waals surface area contributed by atoms with Crippen LogP contribution in [0.1, 0.15) is 52.0 Å². The average Bonchev–Trinajstić information content (AvgIpc) is 2.70. The van der Waals surface area contributed by atoms with Gasteiger partial charge in [0.15, 0.2) is 5.96 Å². The Hall–Kier alpha value is -1.59. The molecule has 2 unspecified atom stereocenters. The summed E-state index contributed by atoms with van der Waals surface area (Å²) in [6, 6.07) is 10.3. The van der Waals surface area contributed by atoms with Crippen LogP contribution < -0.4 is 10.6 Å². The number of hydrogen-bond acceptors (Lipinski definition) is 3. The first-order chi connectivity index (χ1) is 13.5. The molecule has 1 aliphatic heterocycles. The number of nitrogens with zero attached hydrogens (tertiary/aromatic N) is 1. The number of aliphatic imine (C=N–C) groups is 1. The molecule has 1 aromatic rings. The van der Waals surface area contributed by atoms with Crippen molar-refractivity contribution in [1.29, 1.82) is 0 Å². The van der Waals surface area contributed by atoms with E-state index in [4.69, 9.17) is 9.47 Å². The van der Waals surface area contributed by atoms with Crippen LogP contribution in [0.15, 0.2) is 35.3 Å². The number of guanidine groups is 1. The van der Waals surface area contributed by atoms with Crippen LogP contribution in [-0.4, -0.2) is 45.4 Å². The van der Waals surface area contributed by atoms with Gasteiger partial charge in [0.2, 0.25) is 0 Å². The van der Waals surface area contributed by atoms with Crippen molar-refractivity contribution < 1.29 is 9.47 Å². The first-order valence-electron chi connectivity index (χ1n) is 10.7. The molecule has 0 bridgehead atoms. The van der Waals surface area contributed by atoms with E-state index in [1.165, 1.54) is 12.0 Å². The van der Waals surface area contributed by atoms with Crippen molar-refractivity contribution in [3.8, 4) is 0 Å². The Morgan fingerprint density at radius 1 is 1.18 bits per heavy atom. The molecule has 1 aromatic carbocycles. The maximum Gasteiger partial charge on any atom is 0.190 e. The molecule has 2 rings (SSSR count). The summed E-state index contributed by atoms with van der Waals surface area (Å²) in [4.78, 5) is 4.36. The van der Waals surface area contributed by atoms with Gasteiger partial charge < -0.3 is 20.1 Å². The maximum atomic E-state index is 6.07. The number of ether oxygens (including phenoxy) is 2. The fraction of sp³-hybridized carbons (Fsp3) is 0.696. The summed E-state index contributed by atoms with van der Waals surface area (Å²) in [6.07, 6.45) is 4.76. The number of unbranched alkanes of at least 4 members (excludes halogenated alkanes) is 1. The van der Waals surface area contributed by atoms with Gasteiger partial charge in [-0.3, -0.25) is 4.99 Å². The predicted molar refractivity (Wildman–Crippen MR) is 117 cm³/mol. The third kappa shape index (κ3) is 8.19. The molecule has 0 aliphatic carbocycles. The van der Waals surface area contributed by atoms with E-state index in [0.29, 0.717) is 18.6 Å². The Labute approximate surface area is 171 Å². The van der Waals surface area contributed by atoms with Crippen LogP contribution in [0.4, 0.5) is 0 Å². The van der Waals surface area contributed by atoms with Crippen molar-refractivity contribution in [2.45, 2.75) is 59.2 Å². The molecule has 0 saturated carbocycles. The molecule has 0 aromatic heterocycles. The monoisotopic (exact) mass is 389 g/mol. The van der Waals surface area contributed by atoms with Crippen LogP contribution in [0.3, 0.4) is 0 Å². The van der Waals surface area contributed by atoms with Crippen LogP contribution in [0.25, 0.3) is 0 Å². The summed E-state index contributed by atoms with van der Waals surface area (Å²) in [5, 5.41) is 6.91. The molecule has 5 nitrogen and oxygen atoms in total. The number of benzene rings is 1. The first kappa shape index (κ1) is 22.7. The summed E-state index contributed by atoms with van der Waals surface area (Å²) < 4.78 is 11.8. The highest BCUT2D eigenvalue weighted by atomic mass is 16.5. The Kier molecular flexibility index (Phi) is 9.79. The second-order valence-corrected chi connectivity index (χ2v) is 8.68. The lowest BCUT2D eigenvalue weighted by Crippen LogP contribution is -2.47. The second kappa shape index (κ2) is 12.1. The first-order valence-corrected chi connectivity index (χ1v) is 10.7. The second-order valence-electron chi connectivity index (χ2n) is 8.68. The Morgan fingerprint density at radius 3 is 2.68 bits per heavy atom. The largest absolute Gasteiger partial charge is 0.377 e. The van der Waals surface area contributed by atoms with Gasteiger partial charge in [0.25, 0.3) is 0 Å². The fourth-order valence-corrected chi connectivity index (χ4v) is 3.76. The summed E-state index contributed by atoms with van der Waals surface area (Å²) in [6.45, 7) is 11.0. The van der Waals surface area contributed by atoms with Crippen LogP contribution in [0.5, 0.6) is 0 Å². The summed E-state index contributed by atoms with van der Waals surface area (Å²) >= 11 is 0. The molecule has 158 valence electrons. The van der Waals surface area contributed by atoms with Crippen molar-refractivity contribution >= 4 is 5.96 Å². The predicted octanol–water partition coefficient (Wildman–Crippen LogP) is 3.99. The standard InChI is InChI=1S/C23H39N3O2/c1-23(2,3)21-20(13-10-16-28-21)17-26-22(24-4)25-14-8-9-15-27-18-19-11-6-5-7-12-19/h5-7,11-12,20-21H,8-10,13-18H2,1-4H3,(H2,24,25,26). The van der Waals surface area contributed by atoms with E-state index in [1.54, 1.807) is 0 Å². The van der Waals surface area contributed by atoms with Gasteiger partial charge in [0.1, 0.15) is 0 Å². The van der Waals surface area contributed by atoms with E-state index < -0.39 is 0 Å². The number of hydrogen-bond donors (Lipinski definition) is 2. The number of rotatable bonds is 9. The van der Waals surface area contributed by atoms with Crippen LogP contribution >= 0.6 is 0 Å². The van der Waals surface area contributed by atoms with E-state index in [-0.39, 0.29) is 5.41 Å². The molecule has 2 N–H and O–H groups in total. The minimum atomic E-state index is 0.170. The van der Waals surface area contributed by atoms with E-state index in [0.717, 1.165) is 51.5 Å².